The van der Waals surface area contributed by atoms with Crippen molar-refractivity contribution < 1.29 is 19.1 Å². The minimum Gasteiger partial charge on any atom is -0.480 e. The average molecular weight is 299 g/mol. The fourth-order valence-electron chi connectivity index (χ4n) is 1.43. The van der Waals surface area contributed by atoms with Crippen molar-refractivity contribution in [1.29, 1.82) is 0 Å². The highest BCUT2D eigenvalue weighted by Crippen LogP contribution is 2.24. The van der Waals surface area contributed by atoms with Crippen LogP contribution in [0, 0.1) is 5.82 Å². The van der Waals surface area contributed by atoms with Crippen LogP contribution in [0.25, 0.3) is 0 Å². The molecule has 1 atom stereocenters. The molecule has 1 rings (SSSR count). The van der Waals surface area contributed by atoms with Crippen LogP contribution in [0.5, 0.6) is 0 Å². The highest BCUT2D eigenvalue weighted by Gasteiger charge is 2.28. The van der Waals surface area contributed by atoms with Crippen LogP contribution in [0.3, 0.4) is 0 Å². The summed E-state index contributed by atoms with van der Waals surface area (Å²) in [4.78, 5) is 22.7. The van der Waals surface area contributed by atoms with Gasteiger partial charge >= 0.3 is 5.97 Å². The summed E-state index contributed by atoms with van der Waals surface area (Å²) in [7, 11) is 0. The molecular weight excluding hydrogens is 281 g/mol. The summed E-state index contributed by atoms with van der Waals surface area (Å²) in [6.07, 6.45) is 0. The van der Waals surface area contributed by atoms with E-state index in [1.807, 2.05) is 0 Å². The first-order chi connectivity index (χ1) is 9.22. The number of carbonyl (C=O) groups is 2. The molecule has 110 valence electrons. The first-order valence-electron chi connectivity index (χ1n) is 6.14. The molecule has 0 aliphatic heterocycles. The van der Waals surface area contributed by atoms with Gasteiger partial charge in [0.25, 0.3) is 0 Å². The van der Waals surface area contributed by atoms with Gasteiger partial charge in [0.15, 0.2) is 0 Å². The van der Waals surface area contributed by atoms with Crippen molar-refractivity contribution >= 4 is 23.6 Å². The number of thioether (sulfide) groups is 1. The Hall–Kier alpha value is -1.56. The van der Waals surface area contributed by atoms with E-state index in [2.05, 4.69) is 5.32 Å². The topological polar surface area (TPSA) is 66.4 Å². The molecule has 0 fully saturated rings. The number of rotatable bonds is 6. The second kappa shape index (κ2) is 6.74. The van der Waals surface area contributed by atoms with Crippen LogP contribution in [0.1, 0.15) is 32.4 Å². The Morgan fingerprint density at radius 1 is 1.35 bits per heavy atom. The third-order valence-electron chi connectivity index (χ3n) is 2.83. The molecule has 4 nitrogen and oxygen atoms in total. The Labute approximate surface area is 121 Å². The number of carboxylic acid groups (broad SMARTS) is 1. The Balaban J connectivity index is 2.50. The van der Waals surface area contributed by atoms with Crippen LogP contribution < -0.4 is 5.32 Å². The van der Waals surface area contributed by atoms with Crippen molar-refractivity contribution in [3.63, 3.8) is 0 Å². The highest BCUT2D eigenvalue weighted by molar-refractivity contribution is 8.01. The molecule has 6 heteroatoms. The molecule has 2 N–H and O–H groups in total. The Morgan fingerprint density at radius 2 is 1.90 bits per heavy atom. The normalized spacial score (nSPS) is 12.8. The number of carbonyl (C=O) groups excluding carboxylic acids is 1. The van der Waals surface area contributed by atoms with E-state index in [-0.39, 0.29) is 23.5 Å². The van der Waals surface area contributed by atoms with Gasteiger partial charge in [0.1, 0.15) is 10.6 Å². The maximum absolute atomic E-state index is 12.8. The molecule has 0 spiro atoms. The Bertz CT molecular complexity index is 488. The van der Waals surface area contributed by atoms with Crippen LogP contribution in [0.15, 0.2) is 24.3 Å². The fraction of sp³-hybridized carbons (Fsp3) is 0.429. The number of amides is 1. The van der Waals surface area contributed by atoms with Gasteiger partial charge in [-0.15, -0.1) is 11.8 Å². The first kappa shape index (κ1) is 16.5. The summed E-state index contributed by atoms with van der Waals surface area (Å²) in [5.41, 5.74) is 0.794. The molecule has 0 aliphatic carbocycles. The zero-order valence-electron chi connectivity index (χ0n) is 11.6. The summed E-state index contributed by atoms with van der Waals surface area (Å²) in [5, 5.41) is 11.7. The lowest BCUT2D eigenvalue weighted by molar-refractivity contribution is -0.138. The van der Waals surface area contributed by atoms with Crippen molar-refractivity contribution in [2.45, 2.75) is 31.6 Å². The largest absolute Gasteiger partial charge is 0.480 e. The quantitative estimate of drug-likeness (QED) is 0.847. The van der Waals surface area contributed by atoms with E-state index in [1.54, 1.807) is 32.9 Å². The summed E-state index contributed by atoms with van der Waals surface area (Å²) < 4.78 is 11.8. The third-order valence-corrected chi connectivity index (χ3v) is 4.13. The van der Waals surface area contributed by atoms with Gasteiger partial charge in [-0.3, -0.25) is 9.59 Å². The van der Waals surface area contributed by atoms with Gasteiger partial charge in [0.2, 0.25) is 5.91 Å². The maximum atomic E-state index is 12.8. The highest BCUT2D eigenvalue weighted by atomic mass is 32.2. The number of halogens is 1. The lowest BCUT2D eigenvalue weighted by Crippen LogP contribution is -2.33. The predicted molar refractivity (Wildman–Crippen MR) is 77.1 cm³/mol. The zero-order valence-corrected chi connectivity index (χ0v) is 12.5. The average Bonchev–Trinajstić information content (AvgIpc) is 2.37. The Kier molecular flexibility index (Phi) is 5.56. The molecule has 1 unspecified atom stereocenters. The SMILES string of the molecule is CC(NC(=O)CSC(C)(C)C(=O)O)c1ccc(F)cc1. The second-order valence-corrected chi connectivity index (χ2v) is 6.54. The van der Waals surface area contributed by atoms with Crippen LogP contribution in [-0.2, 0) is 9.59 Å². The number of hydrogen-bond acceptors (Lipinski definition) is 3. The molecule has 0 aromatic heterocycles. The number of hydrogen-bond donors (Lipinski definition) is 2. The summed E-state index contributed by atoms with van der Waals surface area (Å²) in [6, 6.07) is 5.63. The summed E-state index contributed by atoms with van der Waals surface area (Å²) in [6.45, 7) is 4.89. The summed E-state index contributed by atoms with van der Waals surface area (Å²) in [5.74, 6) is -1.47. The number of benzene rings is 1. The third kappa shape index (κ3) is 4.85. The van der Waals surface area contributed by atoms with E-state index >= 15 is 0 Å². The van der Waals surface area contributed by atoms with Gasteiger partial charge in [-0.25, -0.2) is 4.39 Å². The van der Waals surface area contributed by atoms with E-state index in [9.17, 15) is 14.0 Å². The summed E-state index contributed by atoms with van der Waals surface area (Å²) >= 11 is 1.06. The van der Waals surface area contributed by atoms with Crippen LogP contribution >= 0.6 is 11.8 Å². The Morgan fingerprint density at radius 3 is 2.40 bits per heavy atom. The predicted octanol–water partition coefficient (Wildman–Crippen LogP) is 2.60. The van der Waals surface area contributed by atoms with E-state index in [1.165, 1.54) is 12.1 Å². The molecule has 20 heavy (non-hydrogen) atoms. The molecule has 0 bridgehead atoms. The molecular formula is C14H18FNO3S. The number of nitrogens with one attached hydrogen (secondary N) is 1. The van der Waals surface area contributed by atoms with Crippen LogP contribution in [-0.4, -0.2) is 27.5 Å². The zero-order chi connectivity index (χ0) is 15.3. The lowest BCUT2D eigenvalue weighted by Gasteiger charge is -2.19. The molecule has 0 saturated heterocycles. The fourth-order valence-corrected chi connectivity index (χ4v) is 2.12. The smallest absolute Gasteiger partial charge is 0.319 e. The second-order valence-electron chi connectivity index (χ2n) is 4.94. The van der Waals surface area contributed by atoms with Crippen molar-refractivity contribution in [3.05, 3.63) is 35.6 Å². The van der Waals surface area contributed by atoms with Crippen molar-refractivity contribution in [2.75, 3.05) is 5.75 Å². The molecule has 0 radical (unpaired) electrons. The van der Waals surface area contributed by atoms with Gasteiger partial charge in [-0.05, 0) is 38.5 Å². The lowest BCUT2D eigenvalue weighted by atomic mass is 10.1. The van der Waals surface area contributed by atoms with E-state index in [4.69, 9.17) is 5.11 Å². The van der Waals surface area contributed by atoms with E-state index < -0.39 is 10.7 Å². The molecule has 0 heterocycles. The van der Waals surface area contributed by atoms with E-state index in [0.717, 1.165) is 17.3 Å². The number of carboxylic acids is 1. The molecule has 0 aliphatic rings. The van der Waals surface area contributed by atoms with Crippen LogP contribution in [0.2, 0.25) is 0 Å². The minimum atomic E-state index is -1.00. The van der Waals surface area contributed by atoms with Crippen molar-refractivity contribution in [3.8, 4) is 0 Å². The van der Waals surface area contributed by atoms with Gasteiger partial charge < -0.3 is 10.4 Å². The monoisotopic (exact) mass is 299 g/mol. The molecule has 1 aromatic rings. The van der Waals surface area contributed by atoms with Gasteiger partial charge in [0.05, 0.1) is 11.8 Å². The maximum Gasteiger partial charge on any atom is 0.319 e. The molecule has 0 saturated carbocycles. The first-order valence-corrected chi connectivity index (χ1v) is 7.13. The van der Waals surface area contributed by atoms with Crippen LogP contribution in [0.4, 0.5) is 4.39 Å². The van der Waals surface area contributed by atoms with Crippen molar-refractivity contribution in [2.24, 2.45) is 0 Å². The van der Waals surface area contributed by atoms with Gasteiger partial charge in [-0.1, -0.05) is 12.1 Å². The molecule has 1 amide bonds. The van der Waals surface area contributed by atoms with Gasteiger partial charge in [-0.2, -0.15) is 0 Å². The standard InChI is InChI=1S/C14H18FNO3S/c1-9(10-4-6-11(15)7-5-10)16-12(17)8-20-14(2,3)13(18)19/h4-7,9H,8H2,1-3H3,(H,16,17)(H,18,19). The molecule has 1 aromatic carbocycles. The van der Waals surface area contributed by atoms with Crippen molar-refractivity contribution in [1.82, 2.24) is 5.32 Å². The van der Waals surface area contributed by atoms with Gasteiger partial charge in [0, 0.05) is 0 Å². The number of aliphatic carboxylic acids is 1. The minimum absolute atomic E-state index is 0.0604. The van der Waals surface area contributed by atoms with E-state index in [0.29, 0.717) is 0 Å².